The highest BCUT2D eigenvalue weighted by Gasteiger charge is 2.17. The fourth-order valence-corrected chi connectivity index (χ4v) is 1.56. The minimum absolute atomic E-state index is 0.247. The number of nitrogens with zero attached hydrogens (tertiary/aromatic N) is 2. The summed E-state index contributed by atoms with van der Waals surface area (Å²) in [5.41, 5.74) is 0. The highest BCUT2D eigenvalue weighted by Crippen LogP contribution is 2.20. The molecule has 1 aromatic rings. The Morgan fingerprint density at radius 3 is 2.73 bits per heavy atom. The van der Waals surface area contributed by atoms with Gasteiger partial charge in [0.05, 0.1) is 0 Å². The van der Waals surface area contributed by atoms with Crippen LogP contribution in [0.15, 0.2) is 4.42 Å². The zero-order valence-electron chi connectivity index (χ0n) is 8.57. The number of aromatic nitrogens is 2. The van der Waals surface area contributed by atoms with Gasteiger partial charge in [-0.3, -0.25) is 0 Å². The number of alkyl halides is 1. The van der Waals surface area contributed by atoms with E-state index in [1.807, 2.05) is 0 Å². The molecule has 0 amide bonds. The molecular weight excluding hydrogens is 218 g/mol. The maximum Gasteiger partial charge on any atom is 0.315 e. The summed E-state index contributed by atoms with van der Waals surface area (Å²) in [6.07, 6.45) is 1.93. The van der Waals surface area contributed by atoms with Crippen LogP contribution < -0.4 is 5.32 Å². The molecule has 1 N–H and O–H groups in total. The molecule has 84 valence electrons. The summed E-state index contributed by atoms with van der Waals surface area (Å²) >= 11 is 5.82. The van der Waals surface area contributed by atoms with E-state index in [0.29, 0.717) is 17.9 Å². The maximum absolute atomic E-state index is 5.82. The molecule has 1 saturated heterocycles. The Hall–Kier alpha value is -0.810. The van der Waals surface area contributed by atoms with E-state index in [1.54, 1.807) is 6.92 Å². The SMILES string of the molecule is CC(Cl)c1nnc(NC2CCOCC2)o1. The summed E-state index contributed by atoms with van der Waals surface area (Å²) in [7, 11) is 0. The molecule has 2 heterocycles. The molecule has 1 unspecified atom stereocenters. The van der Waals surface area contributed by atoms with Crippen LogP contribution in [0.1, 0.15) is 31.0 Å². The number of halogens is 1. The Kier molecular flexibility index (Phi) is 3.43. The molecule has 6 heteroatoms. The van der Waals surface area contributed by atoms with Crippen LogP contribution in [0.5, 0.6) is 0 Å². The number of anilines is 1. The molecule has 1 aromatic heterocycles. The molecule has 1 atom stereocenters. The number of nitrogens with one attached hydrogen (secondary N) is 1. The predicted octanol–water partition coefficient (Wildman–Crippen LogP) is 1.96. The molecule has 5 nitrogen and oxygen atoms in total. The smallest absolute Gasteiger partial charge is 0.315 e. The van der Waals surface area contributed by atoms with Crippen molar-refractivity contribution in [3.8, 4) is 0 Å². The maximum atomic E-state index is 5.82. The van der Waals surface area contributed by atoms with Crippen LogP contribution in [0.2, 0.25) is 0 Å². The van der Waals surface area contributed by atoms with Crippen LogP contribution in [-0.2, 0) is 4.74 Å². The molecule has 0 spiro atoms. The zero-order valence-corrected chi connectivity index (χ0v) is 9.33. The summed E-state index contributed by atoms with van der Waals surface area (Å²) in [4.78, 5) is 0. The summed E-state index contributed by atoms with van der Waals surface area (Å²) in [6, 6.07) is 0.807. The van der Waals surface area contributed by atoms with E-state index in [0.717, 1.165) is 26.1 Å². The molecule has 0 radical (unpaired) electrons. The summed E-state index contributed by atoms with van der Waals surface area (Å²) in [6.45, 7) is 3.36. The fraction of sp³-hybridized carbons (Fsp3) is 0.778. The van der Waals surface area contributed by atoms with Crippen LogP contribution >= 0.6 is 11.6 Å². The molecule has 0 aliphatic carbocycles. The van der Waals surface area contributed by atoms with Gasteiger partial charge in [0.15, 0.2) is 0 Å². The van der Waals surface area contributed by atoms with E-state index in [4.69, 9.17) is 20.8 Å². The van der Waals surface area contributed by atoms with Crippen LogP contribution in [0, 0.1) is 0 Å². The Balaban J connectivity index is 1.91. The molecule has 0 aromatic carbocycles. The first-order valence-electron chi connectivity index (χ1n) is 5.07. The highest BCUT2D eigenvalue weighted by molar-refractivity contribution is 6.20. The number of ether oxygens (including phenoxy) is 1. The van der Waals surface area contributed by atoms with Crippen molar-refractivity contribution < 1.29 is 9.15 Å². The lowest BCUT2D eigenvalue weighted by atomic mass is 10.1. The van der Waals surface area contributed by atoms with Crippen molar-refractivity contribution in [1.82, 2.24) is 10.2 Å². The number of rotatable bonds is 3. The van der Waals surface area contributed by atoms with Crippen molar-refractivity contribution in [3.63, 3.8) is 0 Å². The lowest BCUT2D eigenvalue weighted by Gasteiger charge is -2.21. The fourth-order valence-electron chi connectivity index (χ4n) is 1.47. The van der Waals surface area contributed by atoms with Gasteiger partial charge in [-0.25, -0.2) is 0 Å². The predicted molar refractivity (Wildman–Crippen MR) is 56.0 cm³/mol. The van der Waals surface area contributed by atoms with Gasteiger partial charge in [0, 0.05) is 19.3 Å². The van der Waals surface area contributed by atoms with E-state index < -0.39 is 0 Å². The van der Waals surface area contributed by atoms with Gasteiger partial charge in [0.25, 0.3) is 0 Å². The van der Waals surface area contributed by atoms with Crippen molar-refractivity contribution in [3.05, 3.63) is 5.89 Å². The monoisotopic (exact) mass is 231 g/mol. The summed E-state index contributed by atoms with van der Waals surface area (Å²) < 4.78 is 10.6. The number of hydrogen-bond donors (Lipinski definition) is 1. The Bertz CT molecular complexity index is 310. The summed E-state index contributed by atoms with van der Waals surface area (Å²) in [5.74, 6) is 0.450. The van der Waals surface area contributed by atoms with Gasteiger partial charge in [-0.15, -0.1) is 16.7 Å². The standard InChI is InChI=1S/C9H14ClN3O2/c1-6(10)8-12-13-9(15-8)11-7-2-4-14-5-3-7/h6-7H,2-5H2,1H3,(H,11,13). The van der Waals surface area contributed by atoms with E-state index >= 15 is 0 Å². The van der Waals surface area contributed by atoms with Crippen LogP contribution in [0.3, 0.4) is 0 Å². The minimum atomic E-state index is -0.247. The third-order valence-electron chi connectivity index (χ3n) is 2.33. The topological polar surface area (TPSA) is 60.2 Å². The molecule has 1 fully saturated rings. The largest absolute Gasteiger partial charge is 0.406 e. The zero-order chi connectivity index (χ0) is 10.7. The first kappa shape index (κ1) is 10.7. The van der Waals surface area contributed by atoms with Crippen LogP contribution in [-0.4, -0.2) is 29.5 Å². The number of hydrogen-bond acceptors (Lipinski definition) is 5. The van der Waals surface area contributed by atoms with E-state index in [9.17, 15) is 0 Å². The van der Waals surface area contributed by atoms with E-state index in [2.05, 4.69) is 15.5 Å². The molecule has 1 aliphatic heterocycles. The van der Waals surface area contributed by atoms with Crippen molar-refractivity contribution in [2.24, 2.45) is 0 Å². The minimum Gasteiger partial charge on any atom is -0.406 e. The average molecular weight is 232 g/mol. The van der Waals surface area contributed by atoms with Gasteiger partial charge in [-0.1, -0.05) is 5.10 Å². The molecule has 2 rings (SSSR count). The second kappa shape index (κ2) is 4.81. The second-order valence-electron chi connectivity index (χ2n) is 3.59. The van der Waals surface area contributed by atoms with E-state index in [1.165, 1.54) is 0 Å². The van der Waals surface area contributed by atoms with Gasteiger partial charge >= 0.3 is 6.01 Å². The third-order valence-corrected chi connectivity index (χ3v) is 2.52. The van der Waals surface area contributed by atoms with Gasteiger partial charge in [-0.05, 0) is 19.8 Å². The normalized spacial score (nSPS) is 20.1. The Labute approximate surface area is 93.1 Å². The Morgan fingerprint density at radius 1 is 1.40 bits per heavy atom. The van der Waals surface area contributed by atoms with Crippen molar-refractivity contribution in [2.75, 3.05) is 18.5 Å². The quantitative estimate of drug-likeness (QED) is 0.806. The van der Waals surface area contributed by atoms with Gasteiger partial charge < -0.3 is 14.5 Å². The first-order chi connectivity index (χ1) is 7.25. The van der Waals surface area contributed by atoms with Crippen LogP contribution in [0.4, 0.5) is 6.01 Å². The van der Waals surface area contributed by atoms with Crippen LogP contribution in [0.25, 0.3) is 0 Å². The lowest BCUT2D eigenvalue weighted by Crippen LogP contribution is -2.27. The Morgan fingerprint density at radius 2 is 2.13 bits per heavy atom. The van der Waals surface area contributed by atoms with E-state index in [-0.39, 0.29) is 5.38 Å². The molecule has 1 aliphatic rings. The molecular formula is C9H14ClN3O2. The van der Waals surface area contributed by atoms with Gasteiger partial charge in [-0.2, -0.15) is 0 Å². The lowest BCUT2D eigenvalue weighted by molar-refractivity contribution is 0.0899. The summed E-state index contributed by atoms with van der Waals surface area (Å²) in [5, 5.41) is 10.6. The molecule has 0 bridgehead atoms. The third kappa shape index (κ3) is 2.82. The highest BCUT2D eigenvalue weighted by atomic mass is 35.5. The van der Waals surface area contributed by atoms with Crippen molar-refractivity contribution >= 4 is 17.6 Å². The van der Waals surface area contributed by atoms with Crippen molar-refractivity contribution in [2.45, 2.75) is 31.2 Å². The average Bonchev–Trinajstić information content (AvgIpc) is 2.68. The molecule has 15 heavy (non-hydrogen) atoms. The second-order valence-corrected chi connectivity index (χ2v) is 4.25. The molecule has 0 saturated carbocycles. The van der Waals surface area contributed by atoms with Gasteiger partial charge in [0.1, 0.15) is 5.38 Å². The first-order valence-corrected chi connectivity index (χ1v) is 5.51. The van der Waals surface area contributed by atoms with Crippen molar-refractivity contribution in [1.29, 1.82) is 0 Å². The van der Waals surface area contributed by atoms with Gasteiger partial charge in [0.2, 0.25) is 5.89 Å².